The van der Waals surface area contributed by atoms with E-state index >= 15 is 0 Å². The van der Waals surface area contributed by atoms with E-state index in [1.54, 1.807) is 24.5 Å². The highest BCUT2D eigenvalue weighted by atomic mass is 35.5. The van der Waals surface area contributed by atoms with Crippen LogP contribution in [0.15, 0.2) is 58.4 Å². The fourth-order valence-electron chi connectivity index (χ4n) is 1.87. The average Bonchev–Trinajstić information content (AvgIpc) is 2.40. The van der Waals surface area contributed by atoms with E-state index in [1.807, 2.05) is 19.1 Å². The maximum absolute atomic E-state index is 12.0. The zero-order valence-electron chi connectivity index (χ0n) is 11.2. The van der Waals surface area contributed by atoms with Crippen LogP contribution in [0.25, 0.3) is 0 Å². The summed E-state index contributed by atoms with van der Waals surface area (Å²) in [6, 6.07) is 7.16. The SMILES string of the molecule is C=C(C)Cn1ccn(Cc2ccc(Cl)cc2)c(=O)c1=O. The summed E-state index contributed by atoms with van der Waals surface area (Å²) in [7, 11) is 0. The van der Waals surface area contributed by atoms with Crippen LogP contribution in [0.5, 0.6) is 0 Å². The van der Waals surface area contributed by atoms with Crippen LogP contribution in [0.4, 0.5) is 0 Å². The normalized spacial score (nSPS) is 10.5. The van der Waals surface area contributed by atoms with Crippen molar-refractivity contribution in [2.45, 2.75) is 20.0 Å². The number of hydrogen-bond acceptors (Lipinski definition) is 2. The van der Waals surface area contributed by atoms with E-state index in [0.29, 0.717) is 18.1 Å². The van der Waals surface area contributed by atoms with Crippen LogP contribution in [0, 0.1) is 0 Å². The molecule has 0 fully saturated rings. The molecule has 1 aromatic heterocycles. The Bertz CT molecular complexity index is 742. The van der Waals surface area contributed by atoms with Crippen LogP contribution in [-0.4, -0.2) is 9.13 Å². The highest BCUT2D eigenvalue weighted by molar-refractivity contribution is 6.30. The predicted octanol–water partition coefficient (Wildman–Crippen LogP) is 2.29. The molecule has 0 saturated heterocycles. The molecular formula is C15H15ClN2O2. The van der Waals surface area contributed by atoms with E-state index in [9.17, 15) is 9.59 Å². The summed E-state index contributed by atoms with van der Waals surface area (Å²) < 4.78 is 2.75. The molecule has 0 aliphatic carbocycles. The lowest BCUT2D eigenvalue weighted by Crippen LogP contribution is -2.40. The lowest BCUT2D eigenvalue weighted by Gasteiger charge is -2.09. The van der Waals surface area contributed by atoms with Crippen molar-refractivity contribution in [3.8, 4) is 0 Å². The number of nitrogens with zero attached hydrogens (tertiary/aromatic N) is 2. The molecule has 1 heterocycles. The van der Waals surface area contributed by atoms with Crippen LogP contribution < -0.4 is 11.1 Å². The van der Waals surface area contributed by atoms with Crippen molar-refractivity contribution < 1.29 is 0 Å². The Hall–Kier alpha value is -2.07. The van der Waals surface area contributed by atoms with E-state index in [0.717, 1.165) is 11.1 Å². The summed E-state index contributed by atoms with van der Waals surface area (Å²) in [6.07, 6.45) is 3.22. The number of aromatic nitrogens is 2. The minimum Gasteiger partial charge on any atom is -0.305 e. The van der Waals surface area contributed by atoms with E-state index in [1.165, 1.54) is 9.13 Å². The zero-order chi connectivity index (χ0) is 14.7. The highest BCUT2D eigenvalue weighted by Gasteiger charge is 2.05. The number of halogens is 1. The first-order chi connectivity index (χ1) is 9.47. The molecule has 2 rings (SSSR count). The van der Waals surface area contributed by atoms with Gasteiger partial charge in [-0.05, 0) is 24.6 Å². The van der Waals surface area contributed by atoms with E-state index in [4.69, 9.17) is 11.6 Å². The topological polar surface area (TPSA) is 44.0 Å². The van der Waals surface area contributed by atoms with Crippen molar-refractivity contribution >= 4 is 11.6 Å². The first-order valence-corrected chi connectivity index (χ1v) is 6.54. The van der Waals surface area contributed by atoms with Crippen LogP contribution in [0.2, 0.25) is 5.02 Å². The van der Waals surface area contributed by atoms with Gasteiger partial charge in [-0.2, -0.15) is 0 Å². The Balaban J connectivity index is 2.32. The Labute approximate surface area is 121 Å². The van der Waals surface area contributed by atoms with Gasteiger partial charge in [0.2, 0.25) is 0 Å². The van der Waals surface area contributed by atoms with Crippen molar-refractivity contribution in [2.75, 3.05) is 0 Å². The van der Waals surface area contributed by atoms with Gasteiger partial charge in [0, 0.05) is 24.0 Å². The van der Waals surface area contributed by atoms with Gasteiger partial charge in [-0.15, -0.1) is 0 Å². The Kier molecular flexibility index (Phi) is 4.25. The molecule has 1 aromatic carbocycles. The van der Waals surface area contributed by atoms with Crippen LogP contribution in [-0.2, 0) is 13.1 Å². The number of benzene rings is 1. The molecule has 2 aromatic rings. The minimum atomic E-state index is -0.538. The molecule has 0 spiro atoms. The molecule has 0 bridgehead atoms. The summed E-state index contributed by atoms with van der Waals surface area (Å²) in [4.78, 5) is 24.0. The van der Waals surface area contributed by atoms with E-state index < -0.39 is 11.1 Å². The first kappa shape index (κ1) is 14.3. The fourth-order valence-corrected chi connectivity index (χ4v) is 1.99. The standard InChI is InChI=1S/C15H15ClN2O2/c1-11(2)9-17-7-8-18(15(20)14(17)19)10-12-3-5-13(16)6-4-12/h3-8H,1,9-10H2,2H3. The van der Waals surface area contributed by atoms with Crippen LogP contribution in [0.1, 0.15) is 12.5 Å². The summed E-state index contributed by atoms with van der Waals surface area (Å²) in [5, 5.41) is 0.637. The molecule has 0 saturated carbocycles. The third kappa shape index (κ3) is 3.27. The van der Waals surface area contributed by atoms with Gasteiger partial charge >= 0.3 is 11.1 Å². The Morgan fingerprint density at radius 1 is 1.10 bits per heavy atom. The molecule has 0 radical (unpaired) electrons. The minimum absolute atomic E-state index is 0.346. The molecule has 20 heavy (non-hydrogen) atoms. The first-order valence-electron chi connectivity index (χ1n) is 6.16. The highest BCUT2D eigenvalue weighted by Crippen LogP contribution is 2.09. The average molecular weight is 291 g/mol. The van der Waals surface area contributed by atoms with Crippen molar-refractivity contribution in [3.05, 3.63) is 80.1 Å². The molecule has 0 amide bonds. The van der Waals surface area contributed by atoms with Gasteiger partial charge in [-0.3, -0.25) is 9.59 Å². The molecular weight excluding hydrogens is 276 g/mol. The third-order valence-corrected chi connectivity index (χ3v) is 3.09. The van der Waals surface area contributed by atoms with Gasteiger partial charge in [-0.1, -0.05) is 35.9 Å². The zero-order valence-corrected chi connectivity index (χ0v) is 11.9. The van der Waals surface area contributed by atoms with E-state index in [-0.39, 0.29) is 0 Å². The quantitative estimate of drug-likeness (QED) is 0.640. The maximum atomic E-state index is 12.0. The second kappa shape index (κ2) is 5.92. The second-order valence-corrected chi connectivity index (χ2v) is 5.18. The van der Waals surface area contributed by atoms with Gasteiger partial charge in [0.05, 0.1) is 6.54 Å². The molecule has 104 valence electrons. The summed E-state index contributed by atoms with van der Waals surface area (Å²) in [5.41, 5.74) is 0.656. The molecule has 0 aliphatic heterocycles. The fraction of sp³-hybridized carbons (Fsp3) is 0.200. The lowest BCUT2D eigenvalue weighted by atomic mass is 10.2. The van der Waals surface area contributed by atoms with Gasteiger partial charge in [0.1, 0.15) is 0 Å². The lowest BCUT2D eigenvalue weighted by molar-refractivity contribution is 0.662. The van der Waals surface area contributed by atoms with Crippen molar-refractivity contribution in [2.24, 2.45) is 0 Å². The van der Waals surface area contributed by atoms with Gasteiger partial charge in [0.25, 0.3) is 0 Å². The van der Waals surface area contributed by atoms with Gasteiger partial charge in [0.15, 0.2) is 0 Å². The summed E-state index contributed by atoms with van der Waals surface area (Å²) in [5.74, 6) is 0. The summed E-state index contributed by atoms with van der Waals surface area (Å²) >= 11 is 5.81. The smallest absolute Gasteiger partial charge is 0.305 e. The van der Waals surface area contributed by atoms with Gasteiger partial charge in [-0.25, -0.2) is 0 Å². The molecule has 0 aliphatic rings. The predicted molar refractivity (Wildman–Crippen MR) is 80.3 cm³/mol. The second-order valence-electron chi connectivity index (χ2n) is 4.75. The molecule has 4 nitrogen and oxygen atoms in total. The summed E-state index contributed by atoms with van der Waals surface area (Å²) in [6.45, 7) is 6.25. The molecule has 0 atom stereocenters. The number of rotatable bonds is 4. The van der Waals surface area contributed by atoms with Crippen LogP contribution >= 0.6 is 11.6 Å². The van der Waals surface area contributed by atoms with Crippen molar-refractivity contribution in [1.29, 1.82) is 0 Å². The monoisotopic (exact) mass is 290 g/mol. The number of allylic oxidation sites excluding steroid dienone is 1. The Morgan fingerprint density at radius 2 is 1.65 bits per heavy atom. The molecule has 0 unspecified atom stereocenters. The number of hydrogen-bond donors (Lipinski definition) is 0. The van der Waals surface area contributed by atoms with Crippen LogP contribution in [0.3, 0.4) is 0 Å². The third-order valence-electron chi connectivity index (χ3n) is 2.84. The maximum Gasteiger partial charge on any atom is 0.316 e. The Morgan fingerprint density at radius 3 is 2.25 bits per heavy atom. The van der Waals surface area contributed by atoms with Crippen molar-refractivity contribution in [3.63, 3.8) is 0 Å². The molecule has 5 heteroatoms. The largest absolute Gasteiger partial charge is 0.316 e. The van der Waals surface area contributed by atoms with Gasteiger partial charge < -0.3 is 9.13 Å². The molecule has 0 N–H and O–H groups in total. The van der Waals surface area contributed by atoms with Crippen molar-refractivity contribution in [1.82, 2.24) is 9.13 Å². The van der Waals surface area contributed by atoms with E-state index in [2.05, 4.69) is 6.58 Å².